The van der Waals surface area contributed by atoms with Crippen LogP contribution in [-0.4, -0.2) is 26.8 Å². The normalized spacial score (nSPS) is 11.2. The van der Waals surface area contributed by atoms with Crippen LogP contribution in [0.5, 0.6) is 11.5 Å². The van der Waals surface area contributed by atoms with Gasteiger partial charge < -0.3 is 14.8 Å². The summed E-state index contributed by atoms with van der Waals surface area (Å²) in [5.41, 5.74) is 2.50. The lowest BCUT2D eigenvalue weighted by molar-refractivity contribution is 0.326. The molecule has 1 N–H and O–H groups in total. The molecule has 0 radical (unpaired) electrons. The molecule has 110 valence electrons. The fraction of sp³-hybridized carbons (Fsp3) is 0.412. The summed E-state index contributed by atoms with van der Waals surface area (Å²) in [4.78, 5) is 0. The molecule has 0 aliphatic carbocycles. The lowest BCUT2D eigenvalue weighted by Crippen LogP contribution is -2.15. The first-order chi connectivity index (χ1) is 9.74. The van der Waals surface area contributed by atoms with Gasteiger partial charge in [-0.15, -0.1) is 0 Å². The molecule has 0 bridgehead atoms. The van der Waals surface area contributed by atoms with Crippen molar-refractivity contribution in [3.63, 3.8) is 0 Å². The number of hydrogen-bond acceptors (Lipinski definition) is 3. The Balaban J connectivity index is 2.90. The van der Waals surface area contributed by atoms with Gasteiger partial charge >= 0.3 is 0 Å². The first kappa shape index (κ1) is 16.3. The summed E-state index contributed by atoms with van der Waals surface area (Å²) < 4.78 is 10.9. The lowest BCUT2D eigenvalue weighted by atomic mass is 10.1. The van der Waals surface area contributed by atoms with Crippen LogP contribution in [0.15, 0.2) is 36.4 Å². The molecule has 1 rings (SSSR count). The van der Waals surface area contributed by atoms with Crippen LogP contribution < -0.4 is 14.8 Å². The Bertz CT molecular complexity index is 452. The van der Waals surface area contributed by atoms with E-state index >= 15 is 0 Å². The van der Waals surface area contributed by atoms with Crippen molar-refractivity contribution in [2.75, 3.05) is 26.8 Å². The quantitative estimate of drug-likeness (QED) is 0.698. The zero-order valence-electron chi connectivity index (χ0n) is 12.7. The third-order valence-corrected chi connectivity index (χ3v) is 2.97. The van der Waals surface area contributed by atoms with Crippen molar-refractivity contribution in [2.24, 2.45) is 0 Å². The van der Waals surface area contributed by atoms with E-state index in [-0.39, 0.29) is 0 Å². The zero-order chi connectivity index (χ0) is 14.8. The molecule has 3 nitrogen and oxygen atoms in total. The van der Waals surface area contributed by atoms with Crippen LogP contribution in [-0.2, 0) is 0 Å². The Morgan fingerprint density at radius 1 is 1.30 bits per heavy atom. The molecule has 0 fully saturated rings. The van der Waals surface area contributed by atoms with Gasteiger partial charge in [0.25, 0.3) is 0 Å². The summed E-state index contributed by atoms with van der Waals surface area (Å²) in [6, 6.07) is 5.98. The molecule has 0 atom stereocenters. The maximum Gasteiger partial charge on any atom is 0.161 e. The monoisotopic (exact) mass is 275 g/mol. The second kappa shape index (κ2) is 9.21. The van der Waals surface area contributed by atoms with E-state index in [1.807, 2.05) is 18.2 Å². The Morgan fingerprint density at radius 2 is 2.10 bits per heavy atom. The molecule has 0 saturated heterocycles. The van der Waals surface area contributed by atoms with E-state index in [4.69, 9.17) is 9.47 Å². The first-order valence-corrected chi connectivity index (χ1v) is 7.07. The van der Waals surface area contributed by atoms with Crippen LogP contribution in [0.25, 0.3) is 6.08 Å². The Hall–Kier alpha value is -1.74. The first-order valence-electron chi connectivity index (χ1n) is 7.07. The van der Waals surface area contributed by atoms with Gasteiger partial charge in [-0.25, -0.2) is 0 Å². The third kappa shape index (κ3) is 5.10. The smallest absolute Gasteiger partial charge is 0.161 e. The van der Waals surface area contributed by atoms with Crippen LogP contribution in [0.1, 0.15) is 25.8 Å². The number of benzene rings is 1. The average molecular weight is 275 g/mol. The predicted octanol–water partition coefficient (Wildman–Crippen LogP) is 3.66. The molecule has 0 amide bonds. The minimum Gasteiger partial charge on any atom is -0.493 e. The highest BCUT2D eigenvalue weighted by Gasteiger charge is 2.05. The maximum absolute atomic E-state index is 5.55. The molecule has 0 aromatic heterocycles. The highest BCUT2D eigenvalue weighted by Crippen LogP contribution is 2.29. The van der Waals surface area contributed by atoms with Crippen molar-refractivity contribution in [3.05, 3.63) is 42.0 Å². The molecule has 0 heterocycles. The summed E-state index contributed by atoms with van der Waals surface area (Å²) in [5.74, 6) is 1.49. The Kier molecular flexibility index (Phi) is 7.51. The van der Waals surface area contributed by atoms with E-state index in [9.17, 15) is 0 Å². The van der Waals surface area contributed by atoms with Crippen molar-refractivity contribution in [1.82, 2.24) is 5.32 Å². The number of nitrogens with one attached hydrogen (secondary N) is 1. The van der Waals surface area contributed by atoms with Gasteiger partial charge in [0.15, 0.2) is 11.5 Å². The molecular formula is C17H25NO2. The molecule has 1 aromatic carbocycles. The number of rotatable bonds is 9. The minimum atomic E-state index is 0.478. The van der Waals surface area contributed by atoms with Crippen LogP contribution in [0.4, 0.5) is 0 Å². The van der Waals surface area contributed by atoms with Crippen molar-refractivity contribution < 1.29 is 9.47 Å². The number of methoxy groups -OCH3 is 1. The second-order valence-electron chi connectivity index (χ2n) is 4.45. The summed E-state index contributed by atoms with van der Waals surface area (Å²) in [6.07, 6.45) is 4.95. The SMILES string of the molecule is C=CCOc1ccc(C=C(CC)CNCC)cc1OC. The van der Waals surface area contributed by atoms with Crippen molar-refractivity contribution >= 4 is 6.08 Å². The van der Waals surface area contributed by atoms with E-state index in [0.717, 1.165) is 36.6 Å². The molecule has 3 heteroatoms. The zero-order valence-corrected chi connectivity index (χ0v) is 12.7. The lowest BCUT2D eigenvalue weighted by Gasteiger charge is -2.11. The summed E-state index contributed by atoms with van der Waals surface area (Å²) in [5, 5.41) is 3.35. The number of ether oxygens (including phenoxy) is 2. The van der Waals surface area contributed by atoms with Gasteiger partial charge in [0.05, 0.1) is 7.11 Å². The topological polar surface area (TPSA) is 30.5 Å². The summed E-state index contributed by atoms with van der Waals surface area (Å²) in [7, 11) is 1.66. The van der Waals surface area contributed by atoms with Gasteiger partial charge in [-0.2, -0.15) is 0 Å². The van der Waals surface area contributed by atoms with Crippen LogP contribution in [0.2, 0.25) is 0 Å². The van der Waals surface area contributed by atoms with Gasteiger partial charge in [0, 0.05) is 6.54 Å². The molecule has 0 aliphatic heterocycles. The van der Waals surface area contributed by atoms with Crippen molar-refractivity contribution in [3.8, 4) is 11.5 Å². The highest BCUT2D eigenvalue weighted by atomic mass is 16.5. The van der Waals surface area contributed by atoms with Gasteiger partial charge in [0.2, 0.25) is 0 Å². The average Bonchev–Trinajstić information content (AvgIpc) is 2.49. The molecule has 0 spiro atoms. The molecule has 0 saturated carbocycles. The standard InChI is InChI=1S/C17H25NO2/c1-5-10-20-16-9-8-15(12-17(16)19-4)11-14(6-2)13-18-7-3/h5,8-9,11-12,18H,1,6-7,10,13H2,2-4H3. The van der Waals surface area contributed by atoms with Gasteiger partial charge in [-0.3, -0.25) is 0 Å². The summed E-state index contributed by atoms with van der Waals surface area (Å²) >= 11 is 0. The van der Waals surface area contributed by atoms with Crippen LogP contribution in [0, 0.1) is 0 Å². The van der Waals surface area contributed by atoms with E-state index in [1.54, 1.807) is 13.2 Å². The van der Waals surface area contributed by atoms with E-state index < -0.39 is 0 Å². The fourth-order valence-electron chi connectivity index (χ4n) is 1.84. The molecule has 0 aliphatic rings. The van der Waals surface area contributed by atoms with E-state index in [1.165, 1.54) is 5.57 Å². The number of likely N-dealkylation sites (N-methyl/N-ethyl adjacent to an activating group) is 1. The van der Waals surface area contributed by atoms with Gasteiger partial charge in [-0.05, 0) is 30.7 Å². The maximum atomic E-state index is 5.55. The molecular weight excluding hydrogens is 250 g/mol. The molecule has 20 heavy (non-hydrogen) atoms. The molecule has 0 unspecified atom stereocenters. The highest BCUT2D eigenvalue weighted by molar-refractivity contribution is 5.58. The van der Waals surface area contributed by atoms with Crippen molar-refractivity contribution in [2.45, 2.75) is 20.3 Å². The van der Waals surface area contributed by atoms with Crippen molar-refractivity contribution in [1.29, 1.82) is 0 Å². The Morgan fingerprint density at radius 3 is 2.70 bits per heavy atom. The van der Waals surface area contributed by atoms with E-state index in [0.29, 0.717) is 6.61 Å². The largest absolute Gasteiger partial charge is 0.493 e. The molecule has 1 aromatic rings. The summed E-state index contributed by atoms with van der Waals surface area (Å²) in [6.45, 7) is 10.3. The minimum absolute atomic E-state index is 0.478. The fourth-order valence-corrected chi connectivity index (χ4v) is 1.84. The Labute approximate surface area is 122 Å². The number of hydrogen-bond donors (Lipinski definition) is 1. The van der Waals surface area contributed by atoms with Crippen LogP contribution in [0.3, 0.4) is 0 Å². The predicted molar refractivity (Wildman–Crippen MR) is 85.5 cm³/mol. The van der Waals surface area contributed by atoms with E-state index in [2.05, 4.69) is 31.8 Å². The van der Waals surface area contributed by atoms with Gasteiger partial charge in [0.1, 0.15) is 6.61 Å². The third-order valence-electron chi connectivity index (χ3n) is 2.97. The second-order valence-corrected chi connectivity index (χ2v) is 4.45. The van der Waals surface area contributed by atoms with Crippen LogP contribution >= 0.6 is 0 Å². The van der Waals surface area contributed by atoms with Gasteiger partial charge in [-0.1, -0.05) is 44.2 Å².